The molecule has 52 heavy (non-hydrogen) atoms. The molecular weight excluding hydrogens is 731 g/mol. The fourth-order valence-corrected chi connectivity index (χ4v) is 8.01. The largest absolute Gasteiger partial charge is 0.497 e. The van der Waals surface area contributed by atoms with Crippen LogP contribution in [-0.4, -0.2) is 97.5 Å². The van der Waals surface area contributed by atoms with Gasteiger partial charge in [0.25, 0.3) is 5.91 Å². The lowest BCUT2D eigenvalue weighted by Crippen LogP contribution is -2.63. The van der Waals surface area contributed by atoms with Crippen molar-refractivity contribution >= 4 is 33.3 Å². The minimum absolute atomic E-state index is 0.0171. The average molecular weight is 778 g/mol. The van der Waals surface area contributed by atoms with Gasteiger partial charge in [0, 0.05) is 56.0 Å². The molecule has 3 aliphatic heterocycles. The summed E-state index contributed by atoms with van der Waals surface area (Å²) in [6, 6.07) is 17.9. The third-order valence-corrected chi connectivity index (χ3v) is 11.1. The number of aryl methyl sites for hydroxylation is 1. The van der Waals surface area contributed by atoms with Crippen molar-refractivity contribution in [2.24, 2.45) is 0 Å². The second-order valence-electron chi connectivity index (χ2n) is 14.2. The number of aliphatic hydroxyl groups excluding tert-OH is 1. The molecule has 4 atom stereocenters. The highest BCUT2D eigenvalue weighted by Gasteiger charge is 2.44. The number of aliphatic hydroxyl groups is 1. The van der Waals surface area contributed by atoms with E-state index in [1.807, 2.05) is 28.0 Å². The van der Waals surface area contributed by atoms with Crippen molar-refractivity contribution in [1.29, 1.82) is 0 Å². The summed E-state index contributed by atoms with van der Waals surface area (Å²) in [6.45, 7) is 2.17. The van der Waals surface area contributed by atoms with Crippen LogP contribution in [0.3, 0.4) is 0 Å². The molecule has 0 unspecified atom stereocenters. The normalized spacial score (nSPS) is 22.7. The molecule has 3 N–H and O–H groups in total. The number of hydrogen-bond acceptors (Lipinski definition) is 8. The number of halogens is 2. The third-order valence-electron chi connectivity index (χ3n) is 10.4. The van der Waals surface area contributed by atoms with E-state index in [0.717, 1.165) is 47.9 Å². The topological polar surface area (TPSA) is 113 Å². The molecule has 1 aliphatic carbocycles. The van der Waals surface area contributed by atoms with E-state index in [1.54, 1.807) is 20.3 Å². The van der Waals surface area contributed by atoms with Gasteiger partial charge in [-0.05, 0) is 101 Å². The van der Waals surface area contributed by atoms with E-state index >= 15 is 0 Å². The summed E-state index contributed by atoms with van der Waals surface area (Å²) < 4.78 is 31.3. The summed E-state index contributed by atoms with van der Waals surface area (Å²) in [6.07, 6.45) is 3.87. The maximum Gasteiger partial charge on any atom is 0.252 e. The fourth-order valence-electron chi connectivity index (χ4n) is 7.65. The summed E-state index contributed by atoms with van der Waals surface area (Å²) in [5, 5.41) is 17.0. The molecule has 3 fully saturated rings. The number of benzene rings is 3. The number of hydrogen-bond donors (Lipinski definition) is 3. The molecule has 10 nitrogen and oxygen atoms in total. The van der Waals surface area contributed by atoms with E-state index in [1.165, 1.54) is 12.1 Å². The van der Waals surface area contributed by atoms with Crippen molar-refractivity contribution in [2.45, 2.75) is 75.3 Å². The van der Waals surface area contributed by atoms with E-state index in [2.05, 4.69) is 50.8 Å². The molecule has 3 heterocycles. The van der Waals surface area contributed by atoms with Crippen LogP contribution >= 0.6 is 15.9 Å². The Morgan fingerprint density at radius 3 is 2.42 bits per heavy atom. The zero-order valence-corrected chi connectivity index (χ0v) is 31.2. The van der Waals surface area contributed by atoms with Crippen LogP contribution in [-0.2, 0) is 22.6 Å². The second-order valence-corrected chi connectivity index (χ2v) is 15.1. The van der Waals surface area contributed by atoms with Gasteiger partial charge in [-0.3, -0.25) is 9.59 Å². The number of amides is 2. The average Bonchev–Trinajstić information content (AvgIpc) is 3.91. The molecule has 4 aliphatic rings. The van der Waals surface area contributed by atoms with Gasteiger partial charge < -0.3 is 39.8 Å². The molecule has 0 aromatic heterocycles. The van der Waals surface area contributed by atoms with E-state index in [0.29, 0.717) is 72.9 Å². The number of ether oxygens (including phenoxy) is 3. The molecule has 0 radical (unpaired) electrons. The van der Waals surface area contributed by atoms with Gasteiger partial charge >= 0.3 is 0 Å². The standard InChI is InChI=1S/C40H46BrFN4O6/c1-50-31-14-25(15-32(19-31)51-2)21-46(29-10-11-29)40(49)38-33(17-28-22-45(23-36(38)44-28)39(48)35-18-30(47)20-43-35)26-7-5-24(6-8-26)4-3-13-52-37-16-27(42)9-12-34(37)41/h5-9,12,14-16,19,28-30,35-36,43-44,47H,3-4,10-11,13,17-18,20-23H2,1-2H3/t28-,30-,35+,36-/m1/s1. The first-order chi connectivity index (χ1) is 25.2. The lowest BCUT2D eigenvalue weighted by atomic mass is 9.82. The van der Waals surface area contributed by atoms with E-state index < -0.39 is 12.1 Å². The predicted octanol–water partition coefficient (Wildman–Crippen LogP) is 4.86. The van der Waals surface area contributed by atoms with Crippen molar-refractivity contribution in [3.63, 3.8) is 0 Å². The SMILES string of the molecule is COc1cc(CN(C(=O)C2=C(c3ccc(CCCOc4cc(F)ccc4Br)cc3)C[C@@H]3CN(C(=O)[C@@H]4C[C@@H](O)CN4)C[C@H]2N3)C2CC2)cc(OC)c1. The first-order valence-corrected chi connectivity index (χ1v) is 18.9. The highest BCUT2D eigenvalue weighted by Crippen LogP contribution is 2.38. The van der Waals surface area contributed by atoms with Gasteiger partial charge in [0.05, 0.1) is 43.5 Å². The first-order valence-electron chi connectivity index (χ1n) is 18.1. The van der Waals surface area contributed by atoms with Gasteiger partial charge in [0.2, 0.25) is 5.91 Å². The molecule has 276 valence electrons. The van der Waals surface area contributed by atoms with Crippen molar-refractivity contribution in [2.75, 3.05) is 40.5 Å². The molecule has 2 saturated heterocycles. The minimum Gasteiger partial charge on any atom is -0.497 e. The van der Waals surface area contributed by atoms with Crippen LogP contribution in [0.4, 0.5) is 4.39 Å². The molecule has 2 bridgehead atoms. The predicted molar refractivity (Wildman–Crippen MR) is 199 cm³/mol. The van der Waals surface area contributed by atoms with E-state index in [-0.39, 0.29) is 35.8 Å². The Bertz CT molecular complexity index is 1800. The van der Waals surface area contributed by atoms with Gasteiger partial charge in [-0.1, -0.05) is 24.3 Å². The van der Waals surface area contributed by atoms with Crippen molar-refractivity contribution < 1.29 is 33.3 Å². The maximum absolute atomic E-state index is 14.9. The Morgan fingerprint density at radius 2 is 1.75 bits per heavy atom. The first kappa shape index (κ1) is 36.4. The Hall–Kier alpha value is -3.97. The number of nitrogens with zero attached hydrogens (tertiary/aromatic N) is 2. The van der Waals surface area contributed by atoms with Crippen LogP contribution < -0.4 is 24.8 Å². The monoisotopic (exact) mass is 776 g/mol. The van der Waals surface area contributed by atoms with Gasteiger partial charge in [-0.2, -0.15) is 0 Å². The van der Waals surface area contributed by atoms with E-state index in [9.17, 15) is 19.1 Å². The molecule has 2 amide bonds. The lowest BCUT2D eigenvalue weighted by Gasteiger charge is -2.45. The molecular formula is C40H46BrFN4O6. The summed E-state index contributed by atoms with van der Waals surface area (Å²) in [5.74, 6) is 1.43. The molecule has 3 aromatic rings. The van der Waals surface area contributed by atoms with Crippen molar-refractivity contribution in [1.82, 2.24) is 20.4 Å². The Kier molecular flexibility index (Phi) is 11.2. The lowest BCUT2D eigenvalue weighted by molar-refractivity contribution is -0.136. The molecule has 1 saturated carbocycles. The van der Waals surface area contributed by atoms with Crippen LogP contribution in [0.15, 0.2) is 70.7 Å². The quantitative estimate of drug-likeness (QED) is 0.211. The van der Waals surface area contributed by atoms with E-state index in [4.69, 9.17) is 14.2 Å². The minimum atomic E-state index is -0.534. The molecule has 12 heteroatoms. The Balaban J connectivity index is 1.14. The van der Waals surface area contributed by atoms with Crippen LogP contribution in [0.1, 0.15) is 48.8 Å². The number of methoxy groups -OCH3 is 2. The number of carbonyl (C=O) groups is 2. The van der Waals surface area contributed by atoms with Gasteiger partial charge in [-0.25, -0.2) is 4.39 Å². The summed E-state index contributed by atoms with van der Waals surface area (Å²) >= 11 is 3.41. The number of carbonyl (C=O) groups excluding carboxylic acids is 2. The number of β-amino-alcohol motifs (C(OH)–C–C–N with tert-alkyl or cyclic N) is 1. The summed E-state index contributed by atoms with van der Waals surface area (Å²) in [7, 11) is 3.24. The fraction of sp³-hybridized carbons (Fsp3) is 0.450. The summed E-state index contributed by atoms with van der Waals surface area (Å²) in [4.78, 5) is 32.4. The third kappa shape index (κ3) is 8.30. The number of piperazine rings is 1. The Labute approximate surface area is 312 Å². The van der Waals surface area contributed by atoms with Gasteiger partial charge in [-0.15, -0.1) is 0 Å². The van der Waals surface area contributed by atoms with Crippen LogP contribution in [0, 0.1) is 5.82 Å². The van der Waals surface area contributed by atoms with Crippen LogP contribution in [0.2, 0.25) is 0 Å². The zero-order valence-electron chi connectivity index (χ0n) is 29.6. The van der Waals surface area contributed by atoms with Crippen LogP contribution in [0.25, 0.3) is 5.57 Å². The second kappa shape index (κ2) is 16.0. The van der Waals surface area contributed by atoms with Crippen molar-refractivity contribution in [3.8, 4) is 17.2 Å². The molecule has 7 rings (SSSR count). The number of nitrogens with one attached hydrogen (secondary N) is 2. The van der Waals surface area contributed by atoms with Gasteiger partial charge in [0.15, 0.2) is 0 Å². The zero-order chi connectivity index (χ0) is 36.4. The highest BCUT2D eigenvalue weighted by atomic mass is 79.9. The Morgan fingerprint density at radius 1 is 1.00 bits per heavy atom. The molecule has 3 aromatic carbocycles. The smallest absolute Gasteiger partial charge is 0.252 e. The van der Waals surface area contributed by atoms with Crippen LogP contribution in [0.5, 0.6) is 17.2 Å². The number of fused-ring (bicyclic) bond motifs is 2. The van der Waals surface area contributed by atoms with Gasteiger partial charge in [0.1, 0.15) is 23.1 Å². The number of rotatable bonds is 13. The summed E-state index contributed by atoms with van der Waals surface area (Å²) in [5.41, 5.74) is 4.78. The van der Waals surface area contributed by atoms with Crippen molar-refractivity contribution in [3.05, 3.63) is 93.2 Å². The maximum atomic E-state index is 14.9. The highest BCUT2D eigenvalue weighted by molar-refractivity contribution is 9.10. The molecule has 0 spiro atoms.